The largest absolute Gasteiger partial charge is 0.345 e. The molecule has 0 saturated carbocycles. The second-order valence-electron chi connectivity index (χ2n) is 6.48. The van der Waals surface area contributed by atoms with Crippen LogP contribution < -0.4 is 5.32 Å². The van der Waals surface area contributed by atoms with E-state index in [4.69, 9.17) is 0 Å². The van der Waals surface area contributed by atoms with Crippen molar-refractivity contribution in [2.75, 3.05) is 13.1 Å². The first-order valence-corrected chi connectivity index (χ1v) is 9.07. The zero-order chi connectivity index (χ0) is 16.7. The fraction of sp³-hybridized carbons (Fsp3) is 0.471. The molecule has 3 fully saturated rings. The molecule has 3 saturated heterocycles. The van der Waals surface area contributed by atoms with E-state index >= 15 is 0 Å². The summed E-state index contributed by atoms with van der Waals surface area (Å²) in [6.45, 7) is 4.42. The summed E-state index contributed by atoms with van der Waals surface area (Å²) in [5.41, 5.74) is 0.241. The van der Waals surface area contributed by atoms with Gasteiger partial charge < -0.3 is 5.32 Å². The molecule has 0 radical (unpaired) electrons. The highest BCUT2D eigenvalue weighted by atomic mass is 32.1. The minimum absolute atomic E-state index is 0.166. The minimum Gasteiger partial charge on any atom is -0.345 e. The van der Waals surface area contributed by atoms with Crippen LogP contribution in [-0.4, -0.2) is 45.9 Å². The van der Waals surface area contributed by atoms with Crippen LogP contribution in [0.1, 0.15) is 29.6 Å². The molecule has 126 valence electrons. The van der Waals surface area contributed by atoms with Crippen LogP contribution in [0.5, 0.6) is 0 Å². The number of pyridine rings is 1. The standard InChI is InChI=1S/C17H19FN4OS/c1-10-14(11-4-7-22(10)8-5-11)21-16(23)17-20-9-13(24-17)15-12(18)3-2-6-19-15/h2-3,6,9-11,14H,4-5,7-8H2,1H3,(H,21,23). The van der Waals surface area contributed by atoms with E-state index < -0.39 is 5.82 Å². The Kier molecular flexibility index (Phi) is 4.05. The number of aromatic nitrogens is 2. The molecule has 2 atom stereocenters. The highest BCUT2D eigenvalue weighted by molar-refractivity contribution is 7.16. The molecule has 5 nitrogen and oxygen atoms in total. The van der Waals surface area contributed by atoms with Gasteiger partial charge in [0.15, 0.2) is 5.01 Å². The summed E-state index contributed by atoms with van der Waals surface area (Å²) in [7, 11) is 0. The predicted molar refractivity (Wildman–Crippen MR) is 90.3 cm³/mol. The lowest BCUT2D eigenvalue weighted by atomic mass is 9.79. The fourth-order valence-electron chi connectivity index (χ4n) is 3.81. The molecule has 2 unspecified atom stereocenters. The number of carbonyl (C=O) groups is 1. The van der Waals surface area contributed by atoms with E-state index in [1.54, 1.807) is 6.07 Å². The maximum absolute atomic E-state index is 13.8. The molecule has 5 rings (SSSR count). The zero-order valence-corrected chi connectivity index (χ0v) is 14.2. The van der Waals surface area contributed by atoms with Gasteiger partial charge in [-0.05, 0) is 50.9 Å². The topological polar surface area (TPSA) is 58.1 Å². The monoisotopic (exact) mass is 346 g/mol. The minimum atomic E-state index is -0.404. The Labute approximate surface area is 143 Å². The molecule has 1 amide bonds. The smallest absolute Gasteiger partial charge is 0.280 e. The second-order valence-corrected chi connectivity index (χ2v) is 7.51. The number of amides is 1. The number of halogens is 1. The molecule has 3 aliphatic rings. The molecule has 2 aromatic rings. The van der Waals surface area contributed by atoms with E-state index in [0.29, 0.717) is 21.8 Å². The first-order chi connectivity index (χ1) is 11.6. The predicted octanol–water partition coefficient (Wildman–Crippen LogP) is 2.56. The van der Waals surface area contributed by atoms with Gasteiger partial charge in [0.1, 0.15) is 11.5 Å². The molecular formula is C17H19FN4OS. The molecule has 2 bridgehead atoms. The van der Waals surface area contributed by atoms with Crippen molar-refractivity contribution in [3.63, 3.8) is 0 Å². The molecule has 7 heteroatoms. The van der Waals surface area contributed by atoms with E-state index in [9.17, 15) is 9.18 Å². The molecule has 0 spiro atoms. The lowest BCUT2D eigenvalue weighted by molar-refractivity contribution is 0.0217. The molecule has 0 aliphatic carbocycles. The van der Waals surface area contributed by atoms with Gasteiger partial charge in [0.25, 0.3) is 5.91 Å². The Morgan fingerprint density at radius 3 is 2.88 bits per heavy atom. The highest BCUT2D eigenvalue weighted by Crippen LogP contribution is 2.33. The lowest BCUT2D eigenvalue weighted by Gasteiger charge is -2.49. The number of fused-ring (bicyclic) bond motifs is 3. The van der Waals surface area contributed by atoms with Crippen molar-refractivity contribution >= 4 is 17.2 Å². The summed E-state index contributed by atoms with van der Waals surface area (Å²) < 4.78 is 13.8. The van der Waals surface area contributed by atoms with Gasteiger partial charge in [0.05, 0.1) is 4.88 Å². The summed E-state index contributed by atoms with van der Waals surface area (Å²) >= 11 is 1.18. The number of thiazole rings is 1. The Hall–Kier alpha value is -1.86. The van der Waals surface area contributed by atoms with Crippen LogP contribution in [-0.2, 0) is 0 Å². The Morgan fingerprint density at radius 1 is 1.38 bits per heavy atom. The quantitative estimate of drug-likeness (QED) is 0.928. The molecule has 24 heavy (non-hydrogen) atoms. The van der Waals surface area contributed by atoms with Gasteiger partial charge in [0, 0.05) is 24.5 Å². The highest BCUT2D eigenvalue weighted by Gasteiger charge is 2.40. The number of nitrogens with one attached hydrogen (secondary N) is 1. The van der Waals surface area contributed by atoms with Crippen molar-refractivity contribution in [2.24, 2.45) is 5.92 Å². The average molecular weight is 346 g/mol. The van der Waals surface area contributed by atoms with E-state index in [2.05, 4.69) is 27.1 Å². The van der Waals surface area contributed by atoms with Crippen LogP contribution in [0.15, 0.2) is 24.5 Å². The third-order valence-electron chi connectivity index (χ3n) is 5.17. The number of carbonyl (C=O) groups excluding carboxylic acids is 1. The molecule has 2 aromatic heterocycles. The van der Waals surface area contributed by atoms with Gasteiger partial charge in [0.2, 0.25) is 0 Å². The van der Waals surface area contributed by atoms with Crippen molar-refractivity contribution in [3.8, 4) is 10.6 Å². The number of rotatable bonds is 3. The van der Waals surface area contributed by atoms with E-state index in [-0.39, 0.29) is 17.6 Å². The van der Waals surface area contributed by atoms with Crippen LogP contribution in [0.4, 0.5) is 4.39 Å². The Bertz CT molecular complexity index is 755. The number of nitrogens with zero attached hydrogens (tertiary/aromatic N) is 3. The van der Waals surface area contributed by atoms with E-state index in [0.717, 1.165) is 25.9 Å². The van der Waals surface area contributed by atoms with Gasteiger partial charge in [-0.3, -0.25) is 14.7 Å². The number of hydrogen-bond acceptors (Lipinski definition) is 5. The van der Waals surface area contributed by atoms with Crippen LogP contribution in [0.2, 0.25) is 0 Å². The van der Waals surface area contributed by atoms with Crippen molar-refractivity contribution in [1.29, 1.82) is 0 Å². The fourth-order valence-corrected chi connectivity index (χ4v) is 4.63. The molecule has 0 aromatic carbocycles. The summed E-state index contributed by atoms with van der Waals surface area (Å²) in [6, 6.07) is 3.42. The normalized spacial score (nSPS) is 28.8. The van der Waals surface area contributed by atoms with Crippen molar-refractivity contribution < 1.29 is 9.18 Å². The average Bonchev–Trinajstić information content (AvgIpc) is 3.09. The van der Waals surface area contributed by atoms with Crippen molar-refractivity contribution in [2.45, 2.75) is 31.8 Å². The van der Waals surface area contributed by atoms with Gasteiger partial charge in [-0.15, -0.1) is 11.3 Å². The molecule has 5 heterocycles. The Morgan fingerprint density at radius 2 is 2.17 bits per heavy atom. The number of piperidine rings is 3. The first-order valence-electron chi connectivity index (χ1n) is 8.25. The molecular weight excluding hydrogens is 327 g/mol. The maximum atomic E-state index is 13.8. The van der Waals surface area contributed by atoms with E-state index in [1.165, 1.54) is 29.8 Å². The number of hydrogen-bond donors (Lipinski definition) is 1. The summed E-state index contributed by atoms with van der Waals surface area (Å²) in [4.78, 5) is 23.8. The van der Waals surface area contributed by atoms with Crippen LogP contribution >= 0.6 is 11.3 Å². The third kappa shape index (κ3) is 2.71. The summed E-state index contributed by atoms with van der Waals surface area (Å²) in [6.07, 6.45) is 5.33. The maximum Gasteiger partial charge on any atom is 0.280 e. The SMILES string of the molecule is CC1C(NC(=O)c2ncc(-c3ncccc3F)s2)C2CCN1CC2. The van der Waals surface area contributed by atoms with Gasteiger partial charge in [-0.25, -0.2) is 9.37 Å². The third-order valence-corrected chi connectivity index (χ3v) is 6.17. The molecule has 3 aliphatic heterocycles. The van der Waals surface area contributed by atoms with E-state index in [1.807, 2.05) is 0 Å². The zero-order valence-electron chi connectivity index (χ0n) is 13.4. The van der Waals surface area contributed by atoms with Gasteiger partial charge in [-0.2, -0.15) is 0 Å². The van der Waals surface area contributed by atoms with Gasteiger partial charge >= 0.3 is 0 Å². The molecule has 1 N–H and O–H groups in total. The summed E-state index contributed by atoms with van der Waals surface area (Å²) in [5.74, 6) is -0.0334. The summed E-state index contributed by atoms with van der Waals surface area (Å²) in [5, 5.41) is 3.51. The second kappa shape index (κ2) is 6.22. The van der Waals surface area contributed by atoms with Crippen molar-refractivity contribution in [3.05, 3.63) is 35.4 Å². The Balaban J connectivity index is 1.51. The van der Waals surface area contributed by atoms with Crippen LogP contribution in [0, 0.1) is 11.7 Å². The lowest BCUT2D eigenvalue weighted by Crippen LogP contribution is -2.62. The van der Waals surface area contributed by atoms with Crippen LogP contribution in [0.3, 0.4) is 0 Å². The van der Waals surface area contributed by atoms with Crippen LogP contribution in [0.25, 0.3) is 10.6 Å². The van der Waals surface area contributed by atoms with Gasteiger partial charge in [-0.1, -0.05) is 0 Å². The first kappa shape index (κ1) is 15.7. The van der Waals surface area contributed by atoms with Crippen molar-refractivity contribution in [1.82, 2.24) is 20.2 Å².